The van der Waals surface area contributed by atoms with E-state index in [0.29, 0.717) is 0 Å². The Morgan fingerprint density at radius 1 is 1.42 bits per heavy atom. The summed E-state index contributed by atoms with van der Waals surface area (Å²) in [6.45, 7) is 1.86. The summed E-state index contributed by atoms with van der Waals surface area (Å²) in [5, 5.41) is 9.35. The zero-order valence-electron chi connectivity index (χ0n) is 6.69. The van der Waals surface area contributed by atoms with Crippen molar-refractivity contribution < 1.29 is 0 Å². The highest BCUT2D eigenvalue weighted by Crippen LogP contribution is 2.09. The van der Waals surface area contributed by atoms with Crippen LogP contribution in [-0.2, 0) is 0 Å². The Bertz CT molecular complexity index is 295. The quantitative estimate of drug-likeness (QED) is 0.402. The summed E-state index contributed by atoms with van der Waals surface area (Å²) in [6.07, 6.45) is 0. The molecule has 0 aromatic carbocycles. The average Bonchev–Trinajstić information content (AvgIpc) is 2.51. The molecule has 4 N–H and O–H groups in total. The van der Waals surface area contributed by atoms with E-state index in [1.54, 1.807) is 11.3 Å². The van der Waals surface area contributed by atoms with Gasteiger partial charge < -0.3 is 11.5 Å². The predicted octanol–water partition coefficient (Wildman–Crippen LogP) is 0.746. The van der Waals surface area contributed by atoms with Gasteiger partial charge in [0, 0.05) is 0 Å². The summed E-state index contributed by atoms with van der Waals surface area (Å²) in [5.41, 5.74) is 11.1. The SMILES string of the molecule is C/C(=N\N=C(N)N)c1cccs1. The van der Waals surface area contributed by atoms with Gasteiger partial charge in [-0.25, -0.2) is 0 Å². The summed E-state index contributed by atoms with van der Waals surface area (Å²) in [7, 11) is 0. The molecular formula is C7H10N4S. The number of rotatable bonds is 2. The number of nitrogens with zero attached hydrogens (tertiary/aromatic N) is 2. The first-order valence-electron chi connectivity index (χ1n) is 3.37. The van der Waals surface area contributed by atoms with Crippen molar-refractivity contribution in [2.45, 2.75) is 6.92 Å². The largest absolute Gasteiger partial charge is 0.369 e. The highest BCUT2D eigenvalue weighted by Gasteiger charge is 1.95. The zero-order chi connectivity index (χ0) is 8.97. The Morgan fingerprint density at radius 3 is 2.67 bits per heavy atom. The van der Waals surface area contributed by atoms with Gasteiger partial charge in [0.1, 0.15) is 0 Å². The van der Waals surface area contributed by atoms with E-state index in [-0.39, 0.29) is 5.96 Å². The third-order valence-electron chi connectivity index (χ3n) is 1.19. The van der Waals surface area contributed by atoms with Crippen molar-refractivity contribution in [3.8, 4) is 0 Å². The fraction of sp³-hybridized carbons (Fsp3) is 0.143. The molecule has 0 saturated carbocycles. The van der Waals surface area contributed by atoms with Crippen LogP contribution in [0.25, 0.3) is 0 Å². The maximum Gasteiger partial charge on any atom is 0.211 e. The minimum atomic E-state index is -0.0223. The van der Waals surface area contributed by atoms with Gasteiger partial charge in [0.25, 0.3) is 0 Å². The molecule has 0 radical (unpaired) electrons. The molecule has 1 heterocycles. The summed E-state index contributed by atoms with van der Waals surface area (Å²) < 4.78 is 0. The monoisotopic (exact) mass is 182 g/mol. The minimum Gasteiger partial charge on any atom is -0.369 e. The lowest BCUT2D eigenvalue weighted by Gasteiger charge is -1.91. The molecule has 0 fully saturated rings. The van der Waals surface area contributed by atoms with Gasteiger partial charge in [0.15, 0.2) is 0 Å². The van der Waals surface area contributed by atoms with Crippen LogP contribution >= 0.6 is 11.3 Å². The fourth-order valence-corrected chi connectivity index (χ4v) is 1.34. The Morgan fingerprint density at radius 2 is 2.17 bits per heavy atom. The fourth-order valence-electron chi connectivity index (χ4n) is 0.666. The normalized spacial score (nSPS) is 11.2. The summed E-state index contributed by atoms with van der Waals surface area (Å²) in [6, 6.07) is 3.92. The van der Waals surface area contributed by atoms with Crippen molar-refractivity contribution in [1.82, 2.24) is 0 Å². The van der Waals surface area contributed by atoms with E-state index in [1.807, 2.05) is 24.4 Å². The lowest BCUT2D eigenvalue weighted by molar-refractivity contribution is 1.20. The molecule has 1 rings (SSSR count). The van der Waals surface area contributed by atoms with Crippen molar-refractivity contribution >= 4 is 23.0 Å². The molecule has 0 aliphatic carbocycles. The number of nitrogens with two attached hydrogens (primary N) is 2. The predicted molar refractivity (Wildman–Crippen MR) is 52.3 cm³/mol. The lowest BCUT2D eigenvalue weighted by atomic mass is 10.3. The number of thiophene rings is 1. The first-order valence-corrected chi connectivity index (χ1v) is 4.25. The van der Waals surface area contributed by atoms with Gasteiger partial charge >= 0.3 is 0 Å². The van der Waals surface area contributed by atoms with Crippen LogP contribution in [0.15, 0.2) is 27.7 Å². The van der Waals surface area contributed by atoms with Crippen LogP contribution in [0.4, 0.5) is 0 Å². The third-order valence-corrected chi connectivity index (χ3v) is 2.17. The van der Waals surface area contributed by atoms with E-state index in [9.17, 15) is 0 Å². The Balaban J connectivity index is 2.78. The molecule has 0 spiro atoms. The van der Waals surface area contributed by atoms with Crippen molar-refractivity contribution in [2.24, 2.45) is 21.7 Å². The molecule has 0 aliphatic rings. The second-order valence-corrected chi connectivity index (χ2v) is 3.14. The zero-order valence-corrected chi connectivity index (χ0v) is 7.51. The highest BCUT2D eigenvalue weighted by molar-refractivity contribution is 7.12. The van der Waals surface area contributed by atoms with Crippen molar-refractivity contribution in [3.05, 3.63) is 22.4 Å². The number of guanidine groups is 1. The van der Waals surface area contributed by atoms with Crippen LogP contribution in [0.5, 0.6) is 0 Å². The van der Waals surface area contributed by atoms with Crippen LogP contribution in [-0.4, -0.2) is 11.7 Å². The Kier molecular flexibility index (Phi) is 2.82. The molecule has 5 heteroatoms. The molecule has 0 saturated heterocycles. The van der Waals surface area contributed by atoms with Gasteiger partial charge in [0.2, 0.25) is 5.96 Å². The van der Waals surface area contributed by atoms with E-state index in [1.165, 1.54) is 0 Å². The summed E-state index contributed by atoms with van der Waals surface area (Å²) >= 11 is 1.60. The molecule has 0 bridgehead atoms. The van der Waals surface area contributed by atoms with Gasteiger partial charge in [0.05, 0.1) is 10.6 Å². The van der Waals surface area contributed by atoms with Crippen LogP contribution in [0.1, 0.15) is 11.8 Å². The molecule has 64 valence electrons. The third kappa shape index (κ3) is 2.35. The van der Waals surface area contributed by atoms with E-state index in [0.717, 1.165) is 10.6 Å². The number of hydrogen-bond acceptors (Lipinski definition) is 3. The molecule has 0 unspecified atom stereocenters. The van der Waals surface area contributed by atoms with Crippen molar-refractivity contribution in [3.63, 3.8) is 0 Å². The van der Waals surface area contributed by atoms with Gasteiger partial charge in [-0.2, -0.15) is 5.10 Å². The van der Waals surface area contributed by atoms with Crippen LogP contribution < -0.4 is 11.5 Å². The van der Waals surface area contributed by atoms with Gasteiger partial charge in [-0.1, -0.05) is 6.07 Å². The molecule has 0 atom stereocenters. The topological polar surface area (TPSA) is 76.8 Å². The Labute approximate surface area is 74.6 Å². The first-order chi connectivity index (χ1) is 5.70. The van der Waals surface area contributed by atoms with E-state index in [2.05, 4.69) is 10.2 Å². The van der Waals surface area contributed by atoms with Crippen molar-refractivity contribution in [1.29, 1.82) is 0 Å². The van der Waals surface area contributed by atoms with Gasteiger partial charge in [-0.3, -0.25) is 0 Å². The molecule has 4 nitrogen and oxygen atoms in total. The molecule has 12 heavy (non-hydrogen) atoms. The Hall–Kier alpha value is -1.36. The average molecular weight is 182 g/mol. The maximum atomic E-state index is 5.12. The number of hydrogen-bond donors (Lipinski definition) is 2. The second-order valence-electron chi connectivity index (χ2n) is 2.19. The van der Waals surface area contributed by atoms with E-state index < -0.39 is 0 Å². The molecule has 0 aliphatic heterocycles. The standard InChI is InChI=1S/C7H10N4S/c1-5(10-11-7(8)9)6-3-2-4-12-6/h2-4H,1H3,(H4,8,9,11)/b10-5+. The molecule has 1 aromatic heterocycles. The summed E-state index contributed by atoms with van der Waals surface area (Å²) in [4.78, 5) is 1.07. The molecule has 0 amide bonds. The second kappa shape index (κ2) is 3.87. The van der Waals surface area contributed by atoms with E-state index >= 15 is 0 Å². The molecule has 1 aromatic rings. The summed E-state index contributed by atoms with van der Waals surface area (Å²) in [5.74, 6) is -0.0223. The minimum absolute atomic E-state index is 0.0223. The van der Waals surface area contributed by atoms with Crippen LogP contribution in [0, 0.1) is 0 Å². The van der Waals surface area contributed by atoms with E-state index in [4.69, 9.17) is 11.5 Å². The van der Waals surface area contributed by atoms with Crippen LogP contribution in [0.3, 0.4) is 0 Å². The molecular weight excluding hydrogens is 172 g/mol. The van der Waals surface area contributed by atoms with Gasteiger partial charge in [-0.05, 0) is 18.4 Å². The van der Waals surface area contributed by atoms with Crippen molar-refractivity contribution in [2.75, 3.05) is 0 Å². The maximum absolute atomic E-state index is 5.12. The van der Waals surface area contributed by atoms with Gasteiger partial charge in [-0.15, -0.1) is 16.4 Å². The van der Waals surface area contributed by atoms with Crippen LogP contribution in [0.2, 0.25) is 0 Å². The smallest absolute Gasteiger partial charge is 0.211 e. The highest BCUT2D eigenvalue weighted by atomic mass is 32.1. The lowest BCUT2D eigenvalue weighted by Crippen LogP contribution is -2.22. The first kappa shape index (κ1) is 8.73.